The zero-order valence-corrected chi connectivity index (χ0v) is 12.3. The van der Waals surface area contributed by atoms with E-state index in [2.05, 4.69) is 35.1 Å². The molecule has 1 N–H and O–H groups in total. The van der Waals surface area contributed by atoms with Crippen LogP contribution in [-0.4, -0.2) is 9.97 Å². The Balaban J connectivity index is 2.30. The van der Waals surface area contributed by atoms with E-state index >= 15 is 0 Å². The van der Waals surface area contributed by atoms with Crippen LogP contribution < -0.4 is 5.56 Å². The summed E-state index contributed by atoms with van der Waals surface area (Å²) in [7, 11) is 0. The molecule has 0 spiro atoms. The van der Waals surface area contributed by atoms with Crippen molar-refractivity contribution < 1.29 is 0 Å². The van der Waals surface area contributed by atoms with Crippen LogP contribution in [0.3, 0.4) is 0 Å². The lowest BCUT2D eigenvalue weighted by Gasteiger charge is -2.10. The lowest BCUT2D eigenvalue weighted by Crippen LogP contribution is -2.16. The molecule has 0 aliphatic carbocycles. The first kappa shape index (κ1) is 13.6. The van der Waals surface area contributed by atoms with E-state index < -0.39 is 0 Å². The number of hydrogen-bond donors (Lipinski definition) is 1. The van der Waals surface area contributed by atoms with Gasteiger partial charge in [-0.1, -0.05) is 49.4 Å². The third-order valence-corrected chi connectivity index (χ3v) is 3.73. The van der Waals surface area contributed by atoms with Crippen LogP contribution in [0.2, 0.25) is 0 Å². The second-order valence-electron chi connectivity index (χ2n) is 5.26. The minimum atomic E-state index is -0.0450. The number of nitrogens with one attached hydrogen (secondary N) is 1. The quantitative estimate of drug-likeness (QED) is 0.791. The number of rotatable bonds is 3. The third kappa shape index (κ3) is 2.47. The van der Waals surface area contributed by atoms with Crippen molar-refractivity contribution in [2.24, 2.45) is 0 Å². The van der Waals surface area contributed by atoms with Crippen molar-refractivity contribution in [3.05, 3.63) is 64.2 Å². The van der Waals surface area contributed by atoms with Gasteiger partial charge in [-0.15, -0.1) is 0 Å². The standard InChI is InChI=1S/C18H18N2O/c1-3-7-16-19-17(12(2)18(21)20-16)15-11-6-9-13-8-4-5-10-14(13)15/h4-6,8-11H,3,7H2,1-2H3,(H,19,20,21). The molecule has 0 radical (unpaired) electrons. The lowest BCUT2D eigenvalue weighted by atomic mass is 10.00. The summed E-state index contributed by atoms with van der Waals surface area (Å²) in [5, 5.41) is 2.29. The molecule has 0 amide bonds. The second kappa shape index (κ2) is 5.52. The maximum Gasteiger partial charge on any atom is 0.254 e. The van der Waals surface area contributed by atoms with Crippen LogP contribution in [0, 0.1) is 6.92 Å². The van der Waals surface area contributed by atoms with E-state index in [4.69, 9.17) is 0 Å². The van der Waals surface area contributed by atoms with Crippen LogP contribution in [0.5, 0.6) is 0 Å². The van der Waals surface area contributed by atoms with E-state index in [0.29, 0.717) is 5.56 Å². The molecular weight excluding hydrogens is 260 g/mol. The molecule has 21 heavy (non-hydrogen) atoms. The summed E-state index contributed by atoms with van der Waals surface area (Å²) in [6, 6.07) is 14.3. The van der Waals surface area contributed by atoms with Gasteiger partial charge in [0.25, 0.3) is 5.56 Å². The van der Waals surface area contributed by atoms with Crippen LogP contribution in [0.15, 0.2) is 47.3 Å². The Hall–Kier alpha value is -2.42. The Labute approximate surface area is 123 Å². The number of aromatic amines is 1. The first-order chi connectivity index (χ1) is 10.2. The zero-order chi connectivity index (χ0) is 14.8. The van der Waals surface area contributed by atoms with Crippen molar-refractivity contribution in [1.82, 2.24) is 9.97 Å². The molecule has 1 heterocycles. The van der Waals surface area contributed by atoms with Gasteiger partial charge in [0.15, 0.2) is 0 Å². The van der Waals surface area contributed by atoms with Crippen molar-refractivity contribution in [2.75, 3.05) is 0 Å². The minimum absolute atomic E-state index is 0.0450. The Bertz CT molecular complexity index is 844. The summed E-state index contributed by atoms with van der Waals surface area (Å²) in [6.07, 6.45) is 1.74. The molecule has 3 aromatic rings. The average Bonchev–Trinajstić information content (AvgIpc) is 2.50. The molecule has 0 saturated heterocycles. The Morgan fingerprint density at radius 3 is 2.67 bits per heavy atom. The van der Waals surface area contributed by atoms with Gasteiger partial charge in [0.2, 0.25) is 0 Å². The van der Waals surface area contributed by atoms with Gasteiger partial charge in [0, 0.05) is 17.5 Å². The van der Waals surface area contributed by atoms with Crippen molar-refractivity contribution in [3.8, 4) is 11.3 Å². The van der Waals surface area contributed by atoms with Gasteiger partial charge in [-0.2, -0.15) is 0 Å². The highest BCUT2D eigenvalue weighted by molar-refractivity contribution is 5.96. The normalized spacial score (nSPS) is 11.0. The summed E-state index contributed by atoms with van der Waals surface area (Å²) in [5.41, 5.74) is 2.44. The Morgan fingerprint density at radius 2 is 1.86 bits per heavy atom. The largest absolute Gasteiger partial charge is 0.310 e. The van der Waals surface area contributed by atoms with Gasteiger partial charge in [-0.25, -0.2) is 4.98 Å². The molecule has 0 aliphatic rings. The van der Waals surface area contributed by atoms with Crippen molar-refractivity contribution >= 4 is 10.8 Å². The number of aryl methyl sites for hydroxylation is 1. The molecule has 3 rings (SSSR count). The smallest absolute Gasteiger partial charge is 0.254 e. The van der Waals surface area contributed by atoms with E-state index in [1.54, 1.807) is 0 Å². The van der Waals surface area contributed by atoms with Crippen LogP contribution in [0.4, 0.5) is 0 Å². The molecule has 3 heteroatoms. The van der Waals surface area contributed by atoms with E-state index in [0.717, 1.165) is 40.7 Å². The minimum Gasteiger partial charge on any atom is -0.310 e. The highest BCUT2D eigenvalue weighted by atomic mass is 16.1. The highest BCUT2D eigenvalue weighted by Crippen LogP contribution is 2.28. The van der Waals surface area contributed by atoms with Gasteiger partial charge >= 0.3 is 0 Å². The molecule has 0 aliphatic heterocycles. The predicted molar refractivity (Wildman–Crippen MR) is 86.5 cm³/mol. The SMILES string of the molecule is CCCc1nc(-c2cccc3ccccc23)c(C)c(=O)[nH]1. The first-order valence-electron chi connectivity index (χ1n) is 7.28. The predicted octanol–water partition coefficient (Wildman–Crippen LogP) is 3.85. The van der Waals surface area contributed by atoms with E-state index in [1.165, 1.54) is 0 Å². The van der Waals surface area contributed by atoms with Gasteiger partial charge in [-0.3, -0.25) is 4.79 Å². The van der Waals surface area contributed by atoms with Gasteiger partial charge in [0.1, 0.15) is 5.82 Å². The Kier molecular flexibility index (Phi) is 3.57. The molecule has 0 saturated carbocycles. The number of aromatic nitrogens is 2. The fraction of sp³-hybridized carbons (Fsp3) is 0.222. The third-order valence-electron chi connectivity index (χ3n) is 3.73. The number of H-pyrrole nitrogens is 1. The molecule has 0 bridgehead atoms. The van der Waals surface area contributed by atoms with Crippen LogP contribution in [0.1, 0.15) is 24.7 Å². The summed E-state index contributed by atoms with van der Waals surface area (Å²) in [4.78, 5) is 19.7. The molecule has 0 atom stereocenters. The van der Waals surface area contributed by atoms with Crippen molar-refractivity contribution in [1.29, 1.82) is 0 Å². The summed E-state index contributed by atoms with van der Waals surface area (Å²) in [6.45, 7) is 3.91. The van der Waals surface area contributed by atoms with Gasteiger partial charge in [-0.05, 0) is 24.1 Å². The molecule has 106 valence electrons. The average molecular weight is 278 g/mol. The van der Waals surface area contributed by atoms with Crippen molar-refractivity contribution in [2.45, 2.75) is 26.7 Å². The monoisotopic (exact) mass is 278 g/mol. The van der Waals surface area contributed by atoms with E-state index in [9.17, 15) is 4.79 Å². The molecule has 2 aromatic carbocycles. The summed E-state index contributed by atoms with van der Waals surface area (Å²) >= 11 is 0. The van der Waals surface area contributed by atoms with Gasteiger partial charge < -0.3 is 4.98 Å². The van der Waals surface area contributed by atoms with Gasteiger partial charge in [0.05, 0.1) is 5.69 Å². The highest BCUT2D eigenvalue weighted by Gasteiger charge is 2.12. The Morgan fingerprint density at radius 1 is 1.10 bits per heavy atom. The summed E-state index contributed by atoms with van der Waals surface area (Å²) in [5.74, 6) is 0.760. The number of benzene rings is 2. The van der Waals surface area contributed by atoms with Crippen LogP contribution in [-0.2, 0) is 6.42 Å². The van der Waals surface area contributed by atoms with Crippen LogP contribution >= 0.6 is 0 Å². The van der Waals surface area contributed by atoms with E-state index in [1.807, 2.05) is 31.2 Å². The molecule has 0 unspecified atom stereocenters. The number of fused-ring (bicyclic) bond motifs is 1. The zero-order valence-electron chi connectivity index (χ0n) is 12.3. The molecule has 0 fully saturated rings. The topological polar surface area (TPSA) is 45.8 Å². The number of nitrogens with zero attached hydrogens (tertiary/aromatic N) is 1. The molecule has 1 aromatic heterocycles. The fourth-order valence-electron chi connectivity index (χ4n) is 2.63. The van der Waals surface area contributed by atoms with Crippen molar-refractivity contribution in [3.63, 3.8) is 0 Å². The second-order valence-corrected chi connectivity index (χ2v) is 5.26. The maximum atomic E-state index is 12.1. The first-order valence-corrected chi connectivity index (χ1v) is 7.28. The number of hydrogen-bond acceptors (Lipinski definition) is 2. The molecule has 3 nitrogen and oxygen atoms in total. The van der Waals surface area contributed by atoms with Crippen LogP contribution in [0.25, 0.3) is 22.0 Å². The maximum absolute atomic E-state index is 12.1. The summed E-state index contributed by atoms with van der Waals surface area (Å²) < 4.78 is 0. The fourth-order valence-corrected chi connectivity index (χ4v) is 2.63. The van der Waals surface area contributed by atoms with E-state index in [-0.39, 0.29) is 5.56 Å². The lowest BCUT2D eigenvalue weighted by molar-refractivity contribution is 0.823. The molecular formula is C18H18N2O.